The number of nitrogens with one attached hydrogen (secondary N) is 1. The number of imide groups is 2. The van der Waals surface area contributed by atoms with E-state index in [1.165, 1.54) is 0 Å². The Balaban J connectivity index is 2.44. The van der Waals surface area contributed by atoms with Crippen LogP contribution in [0, 0.1) is 5.92 Å². The van der Waals surface area contributed by atoms with Crippen molar-refractivity contribution in [1.29, 1.82) is 0 Å². The lowest BCUT2D eigenvalue weighted by Gasteiger charge is -2.30. The molecule has 0 saturated carbocycles. The molecule has 0 spiro atoms. The molecular formula is C13H12BrClN2O3. The van der Waals surface area contributed by atoms with Crippen LogP contribution in [0.2, 0.25) is 5.02 Å². The lowest BCUT2D eigenvalue weighted by atomic mass is 9.99. The van der Waals surface area contributed by atoms with Crippen LogP contribution in [-0.4, -0.2) is 17.8 Å². The van der Waals surface area contributed by atoms with Gasteiger partial charge in [-0.1, -0.05) is 31.0 Å². The molecule has 1 fully saturated rings. The quantitative estimate of drug-likeness (QED) is 0.843. The molecule has 1 atom stereocenters. The lowest BCUT2D eigenvalue weighted by Crippen LogP contribution is -2.58. The second-order valence-electron chi connectivity index (χ2n) is 4.38. The van der Waals surface area contributed by atoms with Gasteiger partial charge in [-0.25, -0.2) is 9.69 Å². The molecule has 1 unspecified atom stereocenters. The second kappa shape index (κ2) is 5.93. The van der Waals surface area contributed by atoms with Crippen LogP contribution in [0.4, 0.5) is 10.5 Å². The van der Waals surface area contributed by atoms with Crippen LogP contribution in [0.5, 0.6) is 0 Å². The third kappa shape index (κ3) is 2.58. The molecule has 1 saturated heterocycles. The Hall–Kier alpha value is -1.40. The first-order chi connectivity index (χ1) is 9.47. The van der Waals surface area contributed by atoms with Gasteiger partial charge in [-0.3, -0.25) is 14.9 Å². The number of benzene rings is 1. The molecular weight excluding hydrogens is 348 g/mol. The number of barbiturate groups is 1. The maximum Gasteiger partial charge on any atom is 0.335 e. The summed E-state index contributed by atoms with van der Waals surface area (Å²) in [5.74, 6) is -1.91. The zero-order chi connectivity index (χ0) is 14.9. The molecule has 0 bridgehead atoms. The number of urea groups is 1. The van der Waals surface area contributed by atoms with Crippen molar-refractivity contribution in [2.45, 2.75) is 19.8 Å². The van der Waals surface area contributed by atoms with E-state index in [9.17, 15) is 14.4 Å². The predicted molar refractivity (Wildman–Crippen MR) is 78.6 cm³/mol. The molecule has 1 N–H and O–H groups in total. The van der Waals surface area contributed by atoms with Crippen LogP contribution in [0.15, 0.2) is 22.7 Å². The summed E-state index contributed by atoms with van der Waals surface area (Å²) in [7, 11) is 0. The van der Waals surface area contributed by atoms with Gasteiger partial charge in [-0.05, 0) is 34.5 Å². The first-order valence-corrected chi connectivity index (χ1v) is 7.27. The summed E-state index contributed by atoms with van der Waals surface area (Å²) in [5.41, 5.74) is 0.327. The van der Waals surface area contributed by atoms with E-state index in [0.717, 1.165) is 4.90 Å². The summed E-state index contributed by atoms with van der Waals surface area (Å²) in [6.07, 6.45) is 1.06. The Bertz CT molecular complexity index is 591. The number of anilines is 1. The Morgan fingerprint density at radius 2 is 2.05 bits per heavy atom. The normalized spacial score (nSPS) is 19.2. The molecule has 1 aliphatic rings. The highest BCUT2D eigenvalue weighted by Gasteiger charge is 2.41. The van der Waals surface area contributed by atoms with Gasteiger partial charge in [-0.2, -0.15) is 0 Å². The lowest BCUT2D eigenvalue weighted by molar-refractivity contribution is -0.134. The average Bonchev–Trinajstić information content (AvgIpc) is 2.39. The van der Waals surface area contributed by atoms with Crippen molar-refractivity contribution in [3.8, 4) is 0 Å². The van der Waals surface area contributed by atoms with Crippen molar-refractivity contribution < 1.29 is 14.4 Å². The smallest absolute Gasteiger partial charge is 0.277 e. The van der Waals surface area contributed by atoms with Gasteiger partial charge in [0, 0.05) is 0 Å². The minimum atomic E-state index is -0.844. The second-order valence-corrected chi connectivity index (χ2v) is 5.58. The van der Waals surface area contributed by atoms with Gasteiger partial charge < -0.3 is 0 Å². The van der Waals surface area contributed by atoms with Gasteiger partial charge in [0.15, 0.2) is 0 Å². The van der Waals surface area contributed by atoms with Gasteiger partial charge in [0.25, 0.3) is 0 Å². The number of nitrogens with zero attached hydrogens (tertiary/aromatic N) is 1. The number of carbonyl (C=O) groups is 3. The third-order valence-corrected chi connectivity index (χ3v) is 4.39. The largest absolute Gasteiger partial charge is 0.335 e. The maximum atomic E-state index is 12.4. The molecule has 5 nitrogen and oxygen atoms in total. The fourth-order valence-electron chi connectivity index (χ4n) is 2.05. The van der Waals surface area contributed by atoms with Crippen molar-refractivity contribution in [3.05, 3.63) is 27.7 Å². The summed E-state index contributed by atoms with van der Waals surface area (Å²) in [6, 6.07) is 4.10. The summed E-state index contributed by atoms with van der Waals surface area (Å²) in [5, 5.41) is 2.58. The van der Waals surface area contributed by atoms with Crippen LogP contribution < -0.4 is 10.2 Å². The van der Waals surface area contributed by atoms with Gasteiger partial charge in [0.2, 0.25) is 11.8 Å². The first-order valence-electron chi connectivity index (χ1n) is 6.10. The topological polar surface area (TPSA) is 66.5 Å². The molecule has 1 heterocycles. The van der Waals surface area contributed by atoms with Gasteiger partial charge >= 0.3 is 6.03 Å². The number of halogens is 2. The predicted octanol–water partition coefficient (Wildman–Crippen LogP) is 3.10. The van der Waals surface area contributed by atoms with Crippen LogP contribution in [0.3, 0.4) is 0 Å². The SMILES string of the molecule is CCCC1C(=O)NC(=O)N(c2cccc(Cl)c2Br)C1=O. The Kier molecular flexibility index (Phi) is 4.45. The first kappa shape index (κ1) is 15.0. The number of hydrogen-bond acceptors (Lipinski definition) is 3. The molecule has 0 aliphatic carbocycles. The highest BCUT2D eigenvalue weighted by Crippen LogP contribution is 2.34. The van der Waals surface area contributed by atoms with E-state index < -0.39 is 23.8 Å². The highest BCUT2D eigenvalue weighted by molar-refractivity contribution is 9.10. The summed E-state index contributed by atoms with van der Waals surface area (Å²) < 4.78 is 0.440. The molecule has 106 valence electrons. The van der Waals surface area contributed by atoms with Crippen molar-refractivity contribution >= 4 is 51.1 Å². The van der Waals surface area contributed by atoms with Crippen molar-refractivity contribution in [2.24, 2.45) is 5.92 Å². The van der Waals surface area contributed by atoms with Crippen LogP contribution in [-0.2, 0) is 9.59 Å². The van der Waals surface area contributed by atoms with Crippen molar-refractivity contribution in [3.63, 3.8) is 0 Å². The molecule has 4 amide bonds. The van der Waals surface area contributed by atoms with Crippen LogP contribution in [0.1, 0.15) is 19.8 Å². The molecule has 7 heteroatoms. The Labute approximate surface area is 129 Å². The molecule has 1 aliphatic heterocycles. The molecule has 20 heavy (non-hydrogen) atoms. The van der Waals surface area contributed by atoms with Crippen molar-refractivity contribution in [1.82, 2.24) is 5.32 Å². The number of amides is 4. The number of hydrogen-bond donors (Lipinski definition) is 1. The standard InChI is InChI=1S/C13H12BrClN2O3/c1-2-4-7-11(18)16-13(20)17(12(7)19)9-6-3-5-8(15)10(9)14/h3,5-7H,2,4H2,1H3,(H,16,18,20). The van der Waals surface area contributed by atoms with E-state index in [0.29, 0.717) is 28.0 Å². The zero-order valence-corrected chi connectivity index (χ0v) is 13.0. The van der Waals surface area contributed by atoms with E-state index in [-0.39, 0.29) is 0 Å². The van der Waals surface area contributed by atoms with E-state index in [2.05, 4.69) is 21.2 Å². The maximum absolute atomic E-state index is 12.4. The van der Waals surface area contributed by atoms with Crippen LogP contribution >= 0.6 is 27.5 Å². The van der Waals surface area contributed by atoms with Gasteiger partial charge in [0.1, 0.15) is 5.92 Å². The summed E-state index contributed by atoms with van der Waals surface area (Å²) >= 11 is 9.23. The monoisotopic (exact) mass is 358 g/mol. The Morgan fingerprint density at radius 3 is 2.70 bits per heavy atom. The fraction of sp³-hybridized carbons (Fsp3) is 0.308. The number of rotatable bonds is 3. The van der Waals surface area contributed by atoms with E-state index in [4.69, 9.17) is 11.6 Å². The average molecular weight is 360 g/mol. The van der Waals surface area contributed by atoms with Crippen LogP contribution in [0.25, 0.3) is 0 Å². The van der Waals surface area contributed by atoms with Gasteiger partial charge in [0.05, 0.1) is 15.2 Å². The van der Waals surface area contributed by atoms with Crippen molar-refractivity contribution in [2.75, 3.05) is 4.90 Å². The van der Waals surface area contributed by atoms with E-state index >= 15 is 0 Å². The fourth-order valence-corrected chi connectivity index (χ4v) is 2.66. The molecule has 0 aromatic heterocycles. The summed E-state index contributed by atoms with van der Waals surface area (Å²) in [4.78, 5) is 37.0. The minimum Gasteiger partial charge on any atom is -0.277 e. The zero-order valence-electron chi connectivity index (χ0n) is 10.7. The third-order valence-electron chi connectivity index (χ3n) is 3.02. The molecule has 1 aromatic carbocycles. The van der Waals surface area contributed by atoms with E-state index in [1.54, 1.807) is 18.2 Å². The molecule has 2 rings (SSSR count). The minimum absolute atomic E-state index is 0.327. The van der Waals surface area contributed by atoms with E-state index in [1.807, 2.05) is 6.92 Å². The molecule has 0 radical (unpaired) electrons. The highest BCUT2D eigenvalue weighted by atomic mass is 79.9. The Morgan fingerprint density at radius 1 is 1.35 bits per heavy atom. The number of carbonyl (C=O) groups excluding carboxylic acids is 3. The van der Waals surface area contributed by atoms with Gasteiger partial charge in [-0.15, -0.1) is 0 Å². The summed E-state index contributed by atoms with van der Waals surface area (Å²) in [6.45, 7) is 1.87. The molecule has 1 aromatic rings.